The molecule has 0 radical (unpaired) electrons. The fourth-order valence-electron chi connectivity index (χ4n) is 2.51. The number of aliphatic hydroxyl groups excluding tert-OH is 1. The largest absolute Gasteiger partial charge is 1.00 e. The van der Waals surface area contributed by atoms with E-state index in [0.29, 0.717) is 0 Å². The minimum absolute atomic E-state index is 0. The van der Waals surface area contributed by atoms with Gasteiger partial charge in [-0.1, -0.05) is 0 Å². The van der Waals surface area contributed by atoms with Crippen molar-refractivity contribution in [2.75, 3.05) is 6.61 Å². The molecule has 0 spiro atoms. The first-order valence-corrected chi connectivity index (χ1v) is 12.4. The Bertz CT molecular complexity index is 1040. The topological polar surface area (TPSA) is 253 Å². The maximum atomic E-state index is 11.8. The van der Waals surface area contributed by atoms with Gasteiger partial charge in [0.2, 0.25) is 0 Å². The Kier molecular flexibility index (Phi) is 16.7. The predicted molar refractivity (Wildman–Crippen MR) is 88.5 cm³/mol. The molecule has 0 saturated carbocycles. The second-order valence-corrected chi connectivity index (χ2v) is 10.4. The fraction of sp³-hybridized carbons (Fsp3) is 0.636. The maximum absolute atomic E-state index is 11.8. The molecule has 2 rings (SSSR count). The van der Waals surface area contributed by atoms with Gasteiger partial charge in [-0.3, -0.25) is 28.0 Å². The number of hydrogen-bond acceptors (Lipinski definition) is 13. The summed E-state index contributed by atoms with van der Waals surface area (Å²) in [6.45, 7) is 0.434. The van der Waals surface area contributed by atoms with Crippen molar-refractivity contribution in [2.24, 2.45) is 0 Å². The molecule has 2 heterocycles. The molecule has 0 bridgehead atoms. The van der Waals surface area contributed by atoms with E-state index in [4.69, 9.17) is 9.63 Å². The summed E-state index contributed by atoms with van der Waals surface area (Å²) >= 11 is 0. The van der Waals surface area contributed by atoms with E-state index >= 15 is 0 Å². The van der Waals surface area contributed by atoms with Crippen molar-refractivity contribution in [1.29, 1.82) is 0 Å². The molecule has 1 aromatic heterocycles. The van der Waals surface area contributed by atoms with Crippen molar-refractivity contribution in [2.45, 2.75) is 38.2 Å². The van der Waals surface area contributed by atoms with Crippen LogP contribution in [0.2, 0.25) is 0 Å². The SMILES string of the molecule is Cc1cn(C[C@H]2C[C@@H](O)[C@@H](COP(=O)([O-])OP(=O)([O-])OP(=O)([O-])O)O2)c(=O)[nH]c1=O.[Na+].[Na+].[Na+]. The molecule has 1 aliphatic rings. The Morgan fingerprint density at radius 1 is 1.15 bits per heavy atom. The third-order valence-corrected chi connectivity index (χ3v) is 7.38. The molecular weight excluding hydrogens is 546 g/mol. The molecule has 1 aliphatic heterocycles. The van der Waals surface area contributed by atoms with Crippen molar-refractivity contribution in [3.8, 4) is 0 Å². The van der Waals surface area contributed by atoms with E-state index in [-0.39, 0.29) is 107 Å². The van der Waals surface area contributed by atoms with Gasteiger partial charge in [-0.05, 0) is 6.92 Å². The number of ether oxygens (including phenoxy) is 1. The third kappa shape index (κ3) is 12.9. The Hall–Kier alpha value is 2.01. The van der Waals surface area contributed by atoms with Crippen LogP contribution in [-0.2, 0) is 38.1 Å². The van der Waals surface area contributed by atoms with Crippen LogP contribution in [0.4, 0.5) is 0 Å². The number of aryl methyl sites for hydroxylation is 1. The number of phosphoric ester groups is 1. The third-order valence-electron chi connectivity index (χ3n) is 3.69. The summed E-state index contributed by atoms with van der Waals surface area (Å²) in [7, 11) is -17.6. The summed E-state index contributed by atoms with van der Waals surface area (Å²) in [5.41, 5.74) is -1.06. The van der Waals surface area contributed by atoms with Crippen molar-refractivity contribution in [1.82, 2.24) is 9.55 Å². The Labute approximate surface area is 252 Å². The zero-order valence-electron chi connectivity index (χ0n) is 18.0. The van der Waals surface area contributed by atoms with E-state index < -0.39 is 59.6 Å². The zero-order valence-corrected chi connectivity index (χ0v) is 26.7. The number of nitrogens with zero attached hydrogens (tertiary/aromatic N) is 1. The van der Waals surface area contributed by atoms with E-state index in [1.54, 1.807) is 0 Å². The maximum Gasteiger partial charge on any atom is 1.00 e. The van der Waals surface area contributed by atoms with Crippen molar-refractivity contribution >= 4 is 23.5 Å². The summed E-state index contributed by atoms with van der Waals surface area (Å²) in [5.74, 6) is 0. The average Bonchev–Trinajstić information content (AvgIpc) is 2.87. The first-order chi connectivity index (χ1) is 13.6. The van der Waals surface area contributed by atoms with Crippen LogP contribution in [-0.4, -0.2) is 44.5 Å². The molecule has 172 valence electrons. The Balaban J connectivity index is 0. The second-order valence-electron chi connectivity index (χ2n) is 6.15. The van der Waals surface area contributed by atoms with Crippen LogP contribution >= 0.6 is 23.5 Å². The average molecular weight is 562 g/mol. The molecule has 16 nitrogen and oxygen atoms in total. The van der Waals surface area contributed by atoms with Gasteiger partial charge in [-0.2, -0.15) is 0 Å². The van der Waals surface area contributed by atoms with Crippen LogP contribution in [0, 0.1) is 6.92 Å². The molecule has 1 fully saturated rings. The van der Waals surface area contributed by atoms with E-state index in [0.717, 1.165) is 4.57 Å². The fourth-order valence-corrected chi connectivity index (χ4v) is 5.40. The number of nitrogens with one attached hydrogen (secondary N) is 1. The van der Waals surface area contributed by atoms with Crippen LogP contribution < -0.4 is 115 Å². The summed E-state index contributed by atoms with van der Waals surface area (Å²) in [6.07, 6.45) is -2.14. The summed E-state index contributed by atoms with van der Waals surface area (Å²) < 4.78 is 50.3. The minimum atomic E-state index is -6.03. The molecule has 1 aromatic rings. The number of aliphatic hydroxyl groups is 1. The monoisotopic (exact) mass is 562 g/mol. The van der Waals surface area contributed by atoms with Crippen LogP contribution in [0.25, 0.3) is 0 Å². The standard InChI is InChI=1S/C11H19N2O14P3.3Na/c1-6-3-13(11(16)12-10(6)15)4-7-2-8(14)9(25-7)5-24-29(20,21)27-30(22,23)26-28(17,18)19;;;/h3,7-9,14H,2,4-5H2,1H3,(H,20,21)(H,22,23)(H,12,15,16)(H2,17,18,19);;;/q;3*+1/p-3/t7-,8-,9-;;;/m1.../s1. The van der Waals surface area contributed by atoms with Crippen molar-refractivity contribution in [3.05, 3.63) is 32.6 Å². The molecular formula is C11H16N2Na3O14P3. The second kappa shape index (κ2) is 14.8. The smallest absolute Gasteiger partial charge is 0.756 e. The molecule has 33 heavy (non-hydrogen) atoms. The first-order valence-electron chi connectivity index (χ1n) is 7.94. The van der Waals surface area contributed by atoms with Gasteiger partial charge in [0, 0.05) is 18.2 Å². The number of aromatic nitrogens is 2. The van der Waals surface area contributed by atoms with Gasteiger partial charge in [0.25, 0.3) is 29.0 Å². The Morgan fingerprint density at radius 3 is 2.27 bits per heavy atom. The number of phosphoric acid groups is 3. The first kappa shape index (κ1) is 37.2. The number of H-pyrrole nitrogens is 1. The van der Waals surface area contributed by atoms with Crippen molar-refractivity contribution < 1.29 is 145 Å². The molecule has 22 heteroatoms. The van der Waals surface area contributed by atoms with Gasteiger partial charge in [0.15, 0.2) is 0 Å². The van der Waals surface area contributed by atoms with E-state index in [1.807, 2.05) is 0 Å². The number of hydrogen-bond donors (Lipinski definition) is 3. The normalized spacial score (nSPS) is 25.3. The zero-order chi connectivity index (χ0) is 22.9. The summed E-state index contributed by atoms with van der Waals surface area (Å²) in [4.78, 5) is 66.5. The molecule has 3 unspecified atom stereocenters. The van der Waals surface area contributed by atoms with Crippen LogP contribution in [0.5, 0.6) is 0 Å². The molecule has 0 amide bonds. The molecule has 0 aliphatic carbocycles. The van der Waals surface area contributed by atoms with Gasteiger partial charge in [-0.25, -0.2) is 13.4 Å². The molecule has 6 atom stereocenters. The molecule has 3 N–H and O–H groups in total. The van der Waals surface area contributed by atoms with E-state index in [9.17, 15) is 43.1 Å². The summed E-state index contributed by atoms with van der Waals surface area (Å²) in [5, 5.41) is 9.95. The van der Waals surface area contributed by atoms with E-state index in [1.165, 1.54) is 13.1 Å². The van der Waals surface area contributed by atoms with E-state index in [2.05, 4.69) is 18.1 Å². The number of aromatic amines is 1. The van der Waals surface area contributed by atoms with Crippen LogP contribution in [0.3, 0.4) is 0 Å². The Morgan fingerprint density at radius 2 is 1.73 bits per heavy atom. The van der Waals surface area contributed by atoms with Gasteiger partial charge in [0.1, 0.15) is 6.10 Å². The van der Waals surface area contributed by atoms with Gasteiger partial charge < -0.3 is 33.9 Å². The quantitative estimate of drug-likeness (QED) is 0.187. The molecule has 0 aromatic carbocycles. The van der Waals surface area contributed by atoms with Crippen molar-refractivity contribution in [3.63, 3.8) is 0 Å². The van der Waals surface area contributed by atoms with Gasteiger partial charge in [0.05, 0.1) is 25.4 Å². The van der Waals surface area contributed by atoms with Crippen LogP contribution in [0.15, 0.2) is 15.8 Å². The summed E-state index contributed by atoms with van der Waals surface area (Å²) in [6, 6.07) is 0. The molecule has 1 saturated heterocycles. The van der Waals surface area contributed by atoms with Crippen LogP contribution in [0.1, 0.15) is 12.0 Å². The van der Waals surface area contributed by atoms with Gasteiger partial charge in [-0.15, -0.1) is 0 Å². The minimum Gasteiger partial charge on any atom is -0.756 e. The number of rotatable bonds is 9. The predicted octanol–water partition coefficient (Wildman–Crippen LogP) is -12.2. The van der Waals surface area contributed by atoms with Gasteiger partial charge >= 0.3 is 94.4 Å².